The maximum Gasteiger partial charge on any atom is 0.331 e. The van der Waals surface area contributed by atoms with Gasteiger partial charge in [0.05, 0.1) is 28.1 Å². The zero-order valence-electron chi connectivity index (χ0n) is 16.7. The monoisotopic (exact) mass is 431 g/mol. The van der Waals surface area contributed by atoms with Gasteiger partial charge in [-0.1, -0.05) is 0 Å². The van der Waals surface area contributed by atoms with Gasteiger partial charge in [0.15, 0.2) is 0 Å². The quantitative estimate of drug-likeness (QED) is 0.478. The van der Waals surface area contributed by atoms with Gasteiger partial charge in [0.2, 0.25) is 0 Å². The molecule has 31 heavy (non-hydrogen) atoms. The number of aromatic nitrogens is 2. The molecule has 4 aromatic rings. The number of hydrogen-bond donors (Lipinski definition) is 2. The van der Waals surface area contributed by atoms with E-state index in [0.717, 1.165) is 11.3 Å². The molecule has 3 aromatic heterocycles. The van der Waals surface area contributed by atoms with Crippen molar-refractivity contribution in [3.63, 3.8) is 0 Å². The number of amides is 3. The number of aryl methyl sites for hydroxylation is 2. The molecule has 1 aliphatic rings. The van der Waals surface area contributed by atoms with E-state index >= 15 is 0 Å². The first-order valence-electron chi connectivity index (χ1n) is 9.46. The Morgan fingerprint density at radius 1 is 1.16 bits per heavy atom. The van der Waals surface area contributed by atoms with Crippen molar-refractivity contribution in [3.05, 3.63) is 64.9 Å². The number of nitrogens with two attached hydrogens (primary N) is 1. The summed E-state index contributed by atoms with van der Waals surface area (Å²) < 4.78 is 5.96. The Bertz CT molecular complexity index is 1380. The van der Waals surface area contributed by atoms with Gasteiger partial charge in [-0.25, -0.2) is 9.78 Å². The average Bonchev–Trinajstić information content (AvgIpc) is 3.12. The molecule has 9 heteroatoms. The molecule has 154 valence electrons. The molecule has 0 unspecified atom stereocenters. The van der Waals surface area contributed by atoms with Crippen molar-refractivity contribution in [2.45, 2.75) is 13.8 Å². The van der Waals surface area contributed by atoms with E-state index < -0.39 is 5.91 Å². The number of hydrogen-bond acceptors (Lipinski definition) is 6. The van der Waals surface area contributed by atoms with E-state index in [4.69, 9.17) is 10.5 Å². The lowest BCUT2D eigenvalue weighted by Gasteiger charge is -2.29. The Hall–Kier alpha value is -3.98. The van der Waals surface area contributed by atoms with Crippen LogP contribution in [0.15, 0.2) is 48.8 Å². The molecule has 0 bridgehead atoms. The van der Waals surface area contributed by atoms with Crippen LogP contribution in [0.3, 0.4) is 0 Å². The molecule has 0 radical (unpaired) electrons. The first kappa shape index (κ1) is 19.0. The van der Waals surface area contributed by atoms with E-state index in [1.54, 1.807) is 36.7 Å². The number of thiophene rings is 1. The highest BCUT2D eigenvalue weighted by atomic mass is 32.1. The van der Waals surface area contributed by atoms with Crippen LogP contribution in [-0.4, -0.2) is 21.9 Å². The van der Waals surface area contributed by atoms with Crippen molar-refractivity contribution in [2.24, 2.45) is 5.73 Å². The molecular formula is C22H17N5O3S. The lowest BCUT2D eigenvalue weighted by molar-refractivity contribution is 0.100. The van der Waals surface area contributed by atoms with E-state index in [2.05, 4.69) is 15.3 Å². The topological polar surface area (TPSA) is 110 Å². The second-order valence-electron chi connectivity index (χ2n) is 7.09. The van der Waals surface area contributed by atoms with Gasteiger partial charge in [-0.15, -0.1) is 11.3 Å². The van der Waals surface area contributed by atoms with Crippen molar-refractivity contribution in [1.29, 1.82) is 0 Å². The van der Waals surface area contributed by atoms with E-state index in [9.17, 15) is 9.59 Å². The molecular weight excluding hydrogens is 414 g/mol. The minimum absolute atomic E-state index is 0.288. The summed E-state index contributed by atoms with van der Waals surface area (Å²) in [6, 6.07) is 10.4. The summed E-state index contributed by atoms with van der Waals surface area (Å²) >= 11 is 1.17. The Labute approximate surface area is 181 Å². The van der Waals surface area contributed by atoms with E-state index in [-0.39, 0.29) is 10.9 Å². The number of primary amides is 1. The molecule has 3 amide bonds. The Kier molecular flexibility index (Phi) is 4.33. The smallest absolute Gasteiger partial charge is 0.331 e. The highest BCUT2D eigenvalue weighted by Gasteiger charge is 2.34. The van der Waals surface area contributed by atoms with E-state index in [0.29, 0.717) is 38.8 Å². The van der Waals surface area contributed by atoms with E-state index in [1.807, 2.05) is 26.0 Å². The molecule has 0 fully saturated rings. The van der Waals surface area contributed by atoms with Crippen molar-refractivity contribution in [1.82, 2.24) is 9.97 Å². The summed E-state index contributed by atoms with van der Waals surface area (Å²) in [7, 11) is 0. The number of pyridine rings is 2. The second-order valence-corrected chi connectivity index (χ2v) is 8.08. The van der Waals surface area contributed by atoms with Crippen LogP contribution in [0, 0.1) is 13.8 Å². The third kappa shape index (κ3) is 3.06. The maximum absolute atomic E-state index is 13.1. The third-order valence-corrected chi connectivity index (χ3v) is 6.16. The highest BCUT2D eigenvalue weighted by Crippen LogP contribution is 2.47. The standard InChI is InChI=1S/C22H17N5O3S/c1-11-10-13(30-16-4-3-8-24-12(16)2)5-6-15(11)27-18-17-14(26-22(27)29)7-9-25-21(17)31-19(18)20(23)28/h3-10H,1-2H3,(H2,23,28)(H,26,29). The van der Waals surface area contributed by atoms with Gasteiger partial charge in [0.1, 0.15) is 21.2 Å². The predicted octanol–water partition coefficient (Wildman–Crippen LogP) is 4.88. The van der Waals surface area contributed by atoms with Crippen molar-refractivity contribution in [2.75, 3.05) is 10.2 Å². The summed E-state index contributed by atoms with van der Waals surface area (Å²) in [5, 5.41) is 3.58. The zero-order chi connectivity index (χ0) is 21.7. The van der Waals surface area contributed by atoms with Crippen LogP contribution in [0.4, 0.5) is 21.9 Å². The summed E-state index contributed by atoms with van der Waals surface area (Å²) in [5.74, 6) is 0.664. The largest absolute Gasteiger partial charge is 0.455 e. The lowest BCUT2D eigenvalue weighted by atomic mass is 10.1. The fraction of sp³-hybridized carbons (Fsp3) is 0.0909. The SMILES string of the molecule is Cc1cc(Oc2cccnc2C)ccc1N1C(=O)Nc2ccnc3sc(C(N)=O)c1c23. The maximum atomic E-state index is 13.1. The minimum Gasteiger partial charge on any atom is -0.455 e. The van der Waals surface area contributed by atoms with Crippen LogP contribution in [-0.2, 0) is 0 Å². The molecule has 8 nitrogen and oxygen atoms in total. The predicted molar refractivity (Wildman–Crippen MR) is 120 cm³/mol. The number of anilines is 3. The van der Waals surface area contributed by atoms with Crippen molar-refractivity contribution in [3.8, 4) is 11.5 Å². The summed E-state index contributed by atoms with van der Waals surface area (Å²) in [6.07, 6.45) is 3.30. The van der Waals surface area contributed by atoms with Gasteiger partial charge in [-0.2, -0.15) is 0 Å². The third-order valence-electron chi connectivity index (χ3n) is 5.05. The molecule has 0 saturated heterocycles. The van der Waals surface area contributed by atoms with Gasteiger partial charge >= 0.3 is 6.03 Å². The van der Waals surface area contributed by atoms with Crippen LogP contribution in [0.5, 0.6) is 11.5 Å². The molecule has 1 aliphatic heterocycles. The summed E-state index contributed by atoms with van der Waals surface area (Å²) in [4.78, 5) is 36.2. The molecule has 1 aromatic carbocycles. The number of rotatable bonds is 4. The number of carbonyl (C=O) groups is 2. The van der Waals surface area contributed by atoms with Gasteiger partial charge in [-0.05, 0) is 55.8 Å². The Morgan fingerprint density at radius 3 is 2.74 bits per heavy atom. The first-order valence-corrected chi connectivity index (χ1v) is 10.3. The summed E-state index contributed by atoms with van der Waals surface area (Å²) in [5.41, 5.74) is 8.88. The number of ether oxygens (including phenoxy) is 1. The molecule has 0 spiro atoms. The van der Waals surface area contributed by atoms with Crippen molar-refractivity contribution >= 4 is 50.6 Å². The van der Waals surface area contributed by atoms with Gasteiger partial charge in [0.25, 0.3) is 5.91 Å². The van der Waals surface area contributed by atoms with Gasteiger partial charge in [0, 0.05) is 12.4 Å². The van der Waals surface area contributed by atoms with Crippen LogP contribution in [0.2, 0.25) is 0 Å². The van der Waals surface area contributed by atoms with Crippen LogP contribution >= 0.6 is 11.3 Å². The highest BCUT2D eigenvalue weighted by molar-refractivity contribution is 7.21. The molecule has 3 N–H and O–H groups in total. The number of urea groups is 1. The van der Waals surface area contributed by atoms with E-state index in [1.165, 1.54) is 16.2 Å². The molecule has 4 heterocycles. The number of nitrogens with zero attached hydrogens (tertiary/aromatic N) is 3. The normalized spacial score (nSPS) is 12.7. The minimum atomic E-state index is -0.603. The Balaban J connectivity index is 1.62. The molecule has 5 rings (SSSR count). The zero-order valence-corrected chi connectivity index (χ0v) is 17.5. The molecule has 0 aliphatic carbocycles. The fourth-order valence-electron chi connectivity index (χ4n) is 3.64. The summed E-state index contributed by atoms with van der Waals surface area (Å²) in [6.45, 7) is 3.74. The van der Waals surface area contributed by atoms with Crippen LogP contribution in [0.25, 0.3) is 10.2 Å². The van der Waals surface area contributed by atoms with Crippen LogP contribution < -0.4 is 20.7 Å². The number of benzene rings is 1. The second kappa shape index (κ2) is 7.06. The fourth-order valence-corrected chi connectivity index (χ4v) is 4.65. The lowest BCUT2D eigenvalue weighted by Crippen LogP contribution is -2.35. The molecule has 0 saturated carbocycles. The first-order chi connectivity index (χ1) is 14.9. The van der Waals surface area contributed by atoms with Gasteiger partial charge < -0.3 is 15.8 Å². The molecule has 0 atom stereocenters. The van der Waals surface area contributed by atoms with Crippen molar-refractivity contribution < 1.29 is 14.3 Å². The van der Waals surface area contributed by atoms with Gasteiger partial charge in [-0.3, -0.25) is 14.7 Å². The average molecular weight is 431 g/mol. The number of carbonyl (C=O) groups excluding carboxylic acids is 2. The number of nitrogens with one attached hydrogen (secondary N) is 1. The van der Waals surface area contributed by atoms with Crippen LogP contribution in [0.1, 0.15) is 20.9 Å². The Morgan fingerprint density at radius 2 is 2.00 bits per heavy atom.